The third-order valence-corrected chi connectivity index (χ3v) is 11.7. The topological polar surface area (TPSA) is 121 Å². The number of rotatable bonds is 13. The van der Waals surface area contributed by atoms with Gasteiger partial charge in [-0.3, -0.25) is 19.0 Å². The van der Waals surface area contributed by atoms with Crippen LogP contribution < -0.4 is 10.6 Å². The van der Waals surface area contributed by atoms with Crippen LogP contribution >= 0.6 is 10.0 Å². The minimum Gasteiger partial charge on any atom is -0.358 e. The molecule has 2 amide bonds. The Bertz CT molecular complexity index is 2070. The van der Waals surface area contributed by atoms with E-state index in [0.29, 0.717) is 30.8 Å². The van der Waals surface area contributed by atoms with Crippen molar-refractivity contribution in [2.75, 3.05) is 36.4 Å². The summed E-state index contributed by atoms with van der Waals surface area (Å²) in [6.45, 7) is 5.20. The number of ether oxygens (including phenoxy) is 1. The lowest BCUT2D eigenvalue weighted by Gasteiger charge is -2.32. The van der Waals surface area contributed by atoms with Gasteiger partial charge in [0.25, 0.3) is 5.91 Å². The van der Waals surface area contributed by atoms with Gasteiger partial charge in [-0.15, -0.1) is 0 Å². The van der Waals surface area contributed by atoms with E-state index in [1.54, 1.807) is 19.3 Å². The van der Waals surface area contributed by atoms with Gasteiger partial charge in [0.1, 0.15) is 18.5 Å². The number of fused-ring (bicyclic) bond motifs is 1. The van der Waals surface area contributed by atoms with Gasteiger partial charge >= 0.3 is 0 Å². The lowest BCUT2D eigenvalue weighted by Crippen LogP contribution is -2.48. The average Bonchev–Trinajstić information content (AvgIpc) is 3.55. The highest BCUT2D eigenvalue weighted by molar-refractivity contribution is 8.32. The highest BCUT2D eigenvalue weighted by Gasteiger charge is 2.35. The maximum atomic E-state index is 14.3. The maximum absolute atomic E-state index is 14.3. The van der Waals surface area contributed by atoms with Crippen LogP contribution in [0.3, 0.4) is 0 Å². The van der Waals surface area contributed by atoms with Crippen LogP contribution in [0.1, 0.15) is 70.6 Å². The predicted molar refractivity (Wildman–Crippen MR) is 208 cm³/mol. The van der Waals surface area contributed by atoms with Crippen molar-refractivity contribution in [2.45, 2.75) is 70.7 Å². The molecule has 1 saturated carbocycles. The van der Waals surface area contributed by atoms with E-state index in [1.165, 1.54) is 23.1 Å². The molecule has 0 unspecified atom stereocenters. The quantitative estimate of drug-likeness (QED) is 0.132. The number of hydrogen-bond acceptors (Lipinski definition) is 6. The zero-order valence-corrected chi connectivity index (χ0v) is 31.9. The van der Waals surface area contributed by atoms with Crippen molar-refractivity contribution in [1.29, 1.82) is 0 Å². The third-order valence-electron chi connectivity index (χ3n) is 10.3. The molecular formula is C40H50N8O3S. The third kappa shape index (κ3) is 7.88. The number of amides is 2. The molecule has 2 N–H and O–H groups in total. The molecule has 3 aromatic heterocycles. The Labute approximate surface area is 307 Å². The Hall–Kier alpha value is -4.68. The van der Waals surface area contributed by atoms with Crippen LogP contribution in [-0.4, -0.2) is 78.3 Å². The summed E-state index contributed by atoms with van der Waals surface area (Å²) in [5.41, 5.74) is 9.50. The lowest BCUT2D eigenvalue weighted by atomic mass is 9.77. The number of aromatic nitrogens is 6. The number of hydrogen-bond donors (Lipinski definition) is 2. The summed E-state index contributed by atoms with van der Waals surface area (Å²) >= 11 is 0. The Morgan fingerprint density at radius 1 is 0.981 bits per heavy atom. The van der Waals surface area contributed by atoms with Gasteiger partial charge in [0.15, 0.2) is 0 Å². The molecule has 1 fully saturated rings. The van der Waals surface area contributed by atoms with Crippen LogP contribution in [0.25, 0.3) is 22.3 Å². The molecule has 274 valence electrons. The van der Waals surface area contributed by atoms with Gasteiger partial charge in [0.2, 0.25) is 5.91 Å². The van der Waals surface area contributed by atoms with Crippen molar-refractivity contribution < 1.29 is 14.3 Å². The second-order valence-corrected chi connectivity index (χ2v) is 19.7. The van der Waals surface area contributed by atoms with Crippen LogP contribution in [0.5, 0.6) is 0 Å². The van der Waals surface area contributed by atoms with E-state index in [1.807, 2.05) is 42.1 Å². The van der Waals surface area contributed by atoms with Crippen molar-refractivity contribution in [3.63, 3.8) is 0 Å². The predicted octanol–water partition coefficient (Wildman–Crippen LogP) is 6.62. The Morgan fingerprint density at radius 3 is 2.46 bits per heavy atom. The standard InChI is InChI=1S/C40H50N8O3S/c1-26-37(27(2)48(45-26)25-51-20-21-52(4,5)6)29-12-14-32(15-13-29)43-40(50)38(44-39(49)36-18-19-41-46(36)3)34-9-7-8-28-10-11-30(22-35(28)34)31-23-42-47(24-31)33-16-17-33/h10-15,18-19,22-24,33-34,38H,7-9,16-17,20-21,25H2,1-6H3,(H,43,50)(H,44,49)/t34-,38+/m1/s1. The number of nitrogens with zero attached hydrogens (tertiary/aromatic N) is 6. The molecule has 2 atom stereocenters. The van der Waals surface area contributed by atoms with Crippen molar-refractivity contribution in [1.82, 2.24) is 34.7 Å². The summed E-state index contributed by atoms with van der Waals surface area (Å²) < 4.78 is 11.5. The van der Waals surface area contributed by atoms with Gasteiger partial charge in [-0.2, -0.15) is 15.3 Å². The molecule has 5 aromatic rings. The first-order valence-corrected chi connectivity index (χ1v) is 21.1. The van der Waals surface area contributed by atoms with E-state index >= 15 is 0 Å². The number of carbonyl (C=O) groups is 2. The van der Waals surface area contributed by atoms with Gasteiger partial charge in [-0.25, -0.2) is 14.7 Å². The highest BCUT2D eigenvalue weighted by Crippen LogP contribution is 2.39. The Balaban J connectivity index is 1.12. The summed E-state index contributed by atoms with van der Waals surface area (Å²) in [5, 5.41) is 19.8. The zero-order chi connectivity index (χ0) is 36.6. The smallest absolute Gasteiger partial charge is 0.270 e. The molecule has 0 saturated heterocycles. The summed E-state index contributed by atoms with van der Waals surface area (Å²) in [5.74, 6) is 0.238. The fourth-order valence-electron chi connectivity index (χ4n) is 7.19. The van der Waals surface area contributed by atoms with E-state index in [2.05, 4.69) is 75.6 Å². The molecule has 7 rings (SSSR count). The van der Waals surface area contributed by atoms with Crippen molar-refractivity contribution in [2.24, 2.45) is 7.05 Å². The Kier molecular flexibility index (Phi) is 10.1. The molecule has 0 radical (unpaired) electrons. The van der Waals surface area contributed by atoms with Gasteiger partial charge in [-0.05, 0) is 105 Å². The molecule has 2 aromatic carbocycles. The molecule has 3 heterocycles. The fourth-order valence-corrected chi connectivity index (χ4v) is 7.81. The second-order valence-electron chi connectivity index (χ2n) is 15.1. The first-order valence-electron chi connectivity index (χ1n) is 18.1. The van der Waals surface area contributed by atoms with Crippen LogP contribution in [-0.2, 0) is 29.7 Å². The SMILES string of the molecule is Cc1nn(COCCS(C)(C)C)c(C)c1-c1ccc(NC(=O)[C@@H](NC(=O)c2ccnn2C)[C@@H]2CCCc3ccc(-c4cnn(C5CC5)c4)cc32)cc1. The summed E-state index contributed by atoms with van der Waals surface area (Å²) in [6.07, 6.45) is 17.5. The minimum atomic E-state index is -0.812. The number of aryl methyl sites for hydroxylation is 3. The van der Waals surface area contributed by atoms with Crippen LogP contribution in [0.2, 0.25) is 0 Å². The largest absolute Gasteiger partial charge is 0.358 e. The van der Waals surface area contributed by atoms with Crippen molar-refractivity contribution in [3.05, 3.63) is 95.3 Å². The summed E-state index contributed by atoms with van der Waals surface area (Å²) in [4.78, 5) is 27.9. The molecular weight excluding hydrogens is 673 g/mol. The first kappa shape index (κ1) is 35.7. The van der Waals surface area contributed by atoms with Gasteiger partial charge < -0.3 is 15.4 Å². The summed E-state index contributed by atoms with van der Waals surface area (Å²) in [7, 11) is 1.11. The molecule has 0 aliphatic heterocycles. The summed E-state index contributed by atoms with van der Waals surface area (Å²) in [6, 6.07) is 15.7. The monoisotopic (exact) mass is 722 g/mol. The second kappa shape index (κ2) is 14.7. The van der Waals surface area contributed by atoms with E-state index in [4.69, 9.17) is 9.84 Å². The zero-order valence-electron chi connectivity index (χ0n) is 31.1. The van der Waals surface area contributed by atoms with E-state index in [-0.39, 0.29) is 17.7 Å². The lowest BCUT2D eigenvalue weighted by molar-refractivity contribution is -0.118. The molecule has 52 heavy (non-hydrogen) atoms. The molecule has 0 bridgehead atoms. The fraction of sp³-hybridized carbons (Fsp3) is 0.425. The number of nitrogens with one attached hydrogen (secondary N) is 2. The van der Waals surface area contributed by atoms with Gasteiger partial charge in [-0.1, -0.05) is 30.3 Å². The number of benzene rings is 2. The van der Waals surface area contributed by atoms with Crippen LogP contribution in [0, 0.1) is 13.8 Å². The maximum Gasteiger partial charge on any atom is 0.270 e. The normalized spacial score (nSPS) is 16.7. The molecule has 12 heteroatoms. The van der Waals surface area contributed by atoms with Crippen LogP contribution in [0.15, 0.2) is 67.1 Å². The average molecular weight is 723 g/mol. The van der Waals surface area contributed by atoms with Gasteiger partial charge in [0.05, 0.1) is 24.5 Å². The van der Waals surface area contributed by atoms with Crippen molar-refractivity contribution >= 4 is 27.5 Å². The number of carbonyl (C=O) groups excluding carboxylic acids is 2. The molecule has 2 aliphatic rings. The first-order chi connectivity index (χ1) is 24.9. The van der Waals surface area contributed by atoms with Gasteiger partial charge in [0, 0.05) is 53.6 Å². The molecule has 2 aliphatic carbocycles. The highest BCUT2D eigenvalue weighted by atomic mass is 32.3. The Morgan fingerprint density at radius 2 is 1.75 bits per heavy atom. The van der Waals surface area contributed by atoms with E-state index in [9.17, 15) is 9.59 Å². The number of anilines is 1. The van der Waals surface area contributed by atoms with E-state index < -0.39 is 16.1 Å². The molecule has 0 spiro atoms. The molecule has 11 nitrogen and oxygen atoms in total. The minimum absolute atomic E-state index is 0.221. The van der Waals surface area contributed by atoms with Crippen LogP contribution in [0.4, 0.5) is 5.69 Å². The van der Waals surface area contributed by atoms with Crippen molar-refractivity contribution in [3.8, 4) is 22.3 Å². The van der Waals surface area contributed by atoms with E-state index in [0.717, 1.165) is 64.2 Å².